The zero-order valence-electron chi connectivity index (χ0n) is 9.82. The van der Waals surface area contributed by atoms with E-state index in [4.69, 9.17) is 0 Å². The molecule has 0 spiro atoms. The highest BCUT2D eigenvalue weighted by atomic mass is 16.1. The Morgan fingerprint density at radius 3 is 2.88 bits per heavy atom. The number of carbonyl (C=O) groups is 1. The van der Waals surface area contributed by atoms with Gasteiger partial charge in [-0.25, -0.2) is 0 Å². The number of hydrogen-bond acceptors (Lipinski definition) is 3. The van der Waals surface area contributed by atoms with Crippen molar-refractivity contribution in [2.75, 3.05) is 5.32 Å². The lowest BCUT2D eigenvalue weighted by atomic mass is 10.1. The zero-order valence-corrected chi connectivity index (χ0v) is 9.82. The molecule has 6 heteroatoms. The molecule has 0 saturated heterocycles. The lowest BCUT2D eigenvalue weighted by Crippen LogP contribution is -2.14. The number of anilines is 1. The third-order valence-electron chi connectivity index (χ3n) is 2.40. The standard InChI is InChI=1S/C11H15N5O/c1-7(2)9-6-10(16-15-9)13-11(17)5-8-3-4-12-14-8/h3-4,6-7H,5H2,1-2H3,(H,12,14)(H2,13,15,16,17). The number of aromatic amines is 2. The summed E-state index contributed by atoms with van der Waals surface area (Å²) in [6, 6.07) is 3.61. The summed E-state index contributed by atoms with van der Waals surface area (Å²) in [6.45, 7) is 4.12. The Bertz CT molecular complexity index is 486. The lowest BCUT2D eigenvalue weighted by Gasteiger charge is -1.99. The van der Waals surface area contributed by atoms with E-state index < -0.39 is 0 Å². The normalized spacial score (nSPS) is 10.8. The molecule has 0 bridgehead atoms. The van der Waals surface area contributed by atoms with Crippen LogP contribution in [0.15, 0.2) is 18.3 Å². The fraction of sp³-hybridized carbons (Fsp3) is 0.364. The molecule has 0 atom stereocenters. The van der Waals surface area contributed by atoms with E-state index in [2.05, 4.69) is 39.6 Å². The molecular formula is C11H15N5O. The minimum absolute atomic E-state index is 0.115. The molecule has 0 radical (unpaired) electrons. The second-order valence-electron chi connectivity index (χ2n) is 4.17. The summed E-state index contributed by atoms with van der Waals surface area (Å²) in [4.78, 5) is 11.6. The monoisotopic (exact) mass is 233 g/mol. The van der Waals surface area contributed by atoms with Crippen LogP contribution in [-0.2, 0) is 11.2 Å². The average molecular weight is 233 g/mol. The van der Waals surface area contributed by atoms with E-state index in [1.54, 1.807) is 12.3 Å². The fourth-order valence-corrected chi connectivity index (χ4v) is 1.44. The predicted molar refractivity (Wildman–Crippen MR) is 63.6 cm³/mol. The minimum atomic E-state index is -0.115. The van der Waals surface area contributed by atoms with Crippen molar-refractivity contribution in [2.45, 2.75) is 26.2 Å². The van der Waals surface area contributed by atoms with Crippen LogP contribution in [0.2, 0.25) is 0 Å². The Labute approximate surface area is 98.8 Å². The van der Waals surface area contributed by atoms with E-state index in [0.717, 1.165) is 11.4 Å². The molecule has 2 rings (SSSR count). The molecule has 2 aromatic heterocycles. The average Bonchev–Trinajstić information content (AvgIpc) is 2.88. The summed E-state index contributed by atoms with van der Waals surface area (Å²) in [7, 11) is 0. The molecule has 2 heterocycles. The van der Waals surface area contributed by atoms with Crippen molar-refractivity contribution in [3.8, 4) is 0 Å². The summed E-state index contributed by atoms with van der Waals surface area (Å²) in [5, 5.41) is 16.2. The minimum Gasteiger partial charge on any atom is -0.309 e. The van der Waals surface area contributed by atoms with Crippen LogP contribution in [-0.4, -0.2) is 26.3 Å². The van der Waals surface area contributed by atoms with Gasteiger partial charge in [0.05, 0.1) is 6.42 Å². The van der Waals surface area contributed by atoms with Gasteiger partial charge in [-0.2, -0.15) is 10.2 Å². The van der Waals surface area contributed by atoms with Gasteiger partial charge in [0.2, 0.25) is 5.91 Å². The number of hydrogen-bond donors (Lipinski definition) is 3. The van der Waals surface area contributed by atoms with Gasteiger partial charge < -0.3 is 5.32 Å². The third-order valence-corrected chi connectivity index (χ3v) is 2.40. The molecule has 0 aliphatic rings. The quantitative estimate of drug-likeness (QED) is 0.746. The van der Waals surface area contributed by atoms with Crippen molar-refractivity contribution in [3.05, 3.63) is 29.7 Å². The highest BCUT2D eigenvalue weighted by molar-refractivity contribution is 5.91. The van der Waals surface area contributed by atoms with Crippen molar-refractivity contribution >= 4 is 11.7 Å². The van der Waals surface area contributed by atoms with Crippen LogP contribution >= 0.6 is 0 Å². The van der Waals surface area contributed by atoms with Crippen LogP contribution in [0.1, 0.15) is 31.2 Å². The van der Waals surface area contributed by atoms with Gasteiger partial charge in [-0.1, -0.05) is 13.8 Å². The Kier molecular flexibility index (Phi) is 3.22. The maximum absolute atomic E-state index is 11.6. The van der Waals surface area contributed by atoms with E-state index in [0.29, 0.717) is 11.7 Å². The van der Waals surface area contributed by atoms with E-state index in [9.17, 15) is 4.79 Å². The molecule has 3 N–H and O–H groups in total. The molecule has 2 aromatic rings. The number of rotatable bonds is 4. The fourth-order valence-electron chi connectivity index (χ4n) is 1.44. The number of nitrogens with zero attached hydrogens (tertiary/aromatic N) is 2. The number of aromatic nitrogens is 4. The van der Waals surface area contributed by atoms with Crippen LogP contribution in [0, 0.1) is 0 Å². The Morgan fingerprint density at radius 2 is 2.29 bits per heavy atom. The summed E-state index contributed by atoms with van der Waals surface area (Å²) >= 11 is 0. The SMILES string of the molecule is CC(C)c1cc(NC(=O)Cc2ccn[nH]2)n[nH]1. The van der Waals surface area contributed by atoms with E-state index in [-0.39, 0.29) is 12.3 Å². The molecule has 0 unspecified atom stereocenters. The molecule has 90 valence electrons. The molecule has 0 aromatic carbocycles. The van der Waals surface area contributed by atoms with Crippen molar-refractivity contribution in [3.63, 3.8) is 0 Å². The van der Waals surface area contributed by atoms with Gasteiger partial charge in [0, 0.05) is 23.7 Å². The second-order valence-corrected chi connectivity index (χ2v) is 4.17. The van der Waals surface area contributed by atoms with Crippen molar-refractivity contribution in [1.29, 1.82) is 0 Å². The largest absolute Gasteiger partial charge is 0.309 e. The van der Waals surface area contributed by atoms with Gasteiger partial charge in [-0.05, 0) is 12.0 Å². The van der Waals surface area contributed by atoms with Crippen LogP contribution in [0.3, 0.4) is 0 Å². The first kappa shape index (κ1) is 11.4. The van der Waals surface area contributed by atoms with Crippen LogP contribution in [0.4, 0.5) is 5.82 Å². The molecule has 6 nitrogen and oxygen atoms in total. The first-order valence-electron chi connectivity index (χ1n) is 5.48. The first-order chi connectivity index (χ1) is 8.15. The highest BCUT2D eigenvalue weighted by Gasteiger charge is 2.09. The highest BCUT2D eigenvalue weighted by Crippen LogP contribution is 2.14. The number of amides is 1. The van der Waals surface area contributed by atoms with Crippen molar-refractivity contribution in [1.82, 2.24) is 20.4 Å². The van der Waals surface area contributed by atoms with Gasteiger partial charge >= 0.3 is 0 Å². The van der Waals surface area contributed by atoms with Gasteiger partial charge in [0.1, 0.15) is 0 Å². The summed E-state index contributed by atoms with van der Waals surface area (Å²) in [6.07, 6.45) is 1.89. The molecule has 0 aliphatic carbocycles. The zero-order chi connectivity index (χ0) is 12.3. The topological polar surface area (TPSA) is 86.5 Å². The lowest BCUT2D eigenvalue weighted by molar-refractivity contribution is -0.115. The van der Waals surface area contributed by atoms with Gasteiger partial charge in [-0.3, -0.25) is 15.0 Å². The Balaban J connectivity index is 1.93. The van der Waals surface area contributed by atoms with Crippen LogP contribution in [0.25, 0.3) is 0 Å². The van der Waals surface area contributed by atoms with Crippen molar-refractivity contribution < 1.29 is 4.79 Å². The van der Waals surface area contributed by atoms with Gasteiger partial charge in [0.25, 0.3) is 0 Å². The second kappa shape index (κ2) is 4.82. The van der Waals surface area contributed by atoms with E-state index in [1.807, 2.05) is 6.07 Å². The molecule has 0 fully saturated rings. The number of nitrogens with one attached hydrogen (secondary N) is 3. The van der Waals surface area contributed by atoms with Gasteiger partial charge in [-0.15, -0.1) is 0 Å². The Morgan fingerprint density at radius 1 is 1.47 bits per heavy atom. The molecule has 1 amide bonds. The summed E-state index contributed by atoms with van der Waals surface area (Å²) < 4.78 is 0. The predicted octanol–water partition coefficient (Wildman–Crippen LogP) is 1.44. The summed E-state index contributed by atoms with van der Waals surface area (Å²) in [5.41, 5.74) is 1.78. The van der Waals surface area contributed by atoms with Crippen LogP contribution in [0.5, 0.6) is 0 Å². The molecule has 0 aliphatic heterocycles. The maximum atomic E-state index is 11.6. The molecule has 0 saturated carbocycles. The maximum Gasteiger partial charge on any atom is 0.231 e. The third kappa shape index (κ3) is 2.93. The molecular weight excluding hydrogens is 218 g/mol. The van der Waals surface area contributed by atoms with Crippen molar-refractivity contribution in [2.24, 2.45) is 0 Å². The number of H-pyrrole nitrogens is 2. The van der Waals surface area contributed by atoms with Crippen LogP contribution < -0.4 is 5.32 Å². The van der Waals surface area contributed by atoms with E-state index in [1.165, 1.54) is 0 Å². The molecule has 17 heavy (non-hydrogen) atoms. The first-order valence-corrected chi connectivity index (χ1v) is 5.48. The van der Waals surface area contributed by atoms with Gasteiger partial charge in [0.15, 0.2) is 5.82 Å². The smallest absolute Gasteiger partial charge is 0.231 e. The Hall–Kier alpha value is -2.11. The summed E-state index contributed by atoms with van der Waals surface area (Å²) in [5.74, 6) is 0.801. The number of carbonyl (C=O) groups excluding carboxylic acids is 1. The van der Waals surface area contributed by atoms with E-state index >= 15 is 0 Å².